The van der Waals surface area contributed by atoms with Crippen molar-refractivity contribution >= 4 is 33.4 Å². The van der Waals surface area contributed by atoms with Gasteiger partial charge < -0.3 is 15.7 Å². The van der Waals surface area contributed by atoms with E-state index in [1.807, 2.05) is 6.08 Å². The van der Waals surface area contributed by atoms with E-state index < -0.39 is 6.09 Å². The molecule has 0 atom stereocenters. The summed E-state index contributed by atoms with van der Waals surface area (Å²) in [6.07, 6.45) is 3.05. The van der Waals surface area contributed by atoms with Crippen LogP contribution in [0.1, 0.15) is 12.1 Å². The van der Waals surface area contributed by atoms with Crippen LogP contribution in [-0.2, 0) is 0 Å². The number of amides is 1. The van der Waals surface area contributed by atoms with E-state index in [0.717, 1.165) is 5.57 Å². The van der Waals surface area contributed by atoms with Crippen LogP contribution in [0.25, 0.3) is 5.57 Å². The highest BCUT2D eigenvalue weighted by atomic mass is 79.9. The van der Waals surface area contributed by atoms with Gasteiger partial charge in [0.2, 0.25) is 0 Å². The summed E-state index contributed by atoms with van der Waals surface area (Å²) in [6.45, 7) is 0.813. The average Bonchev–Trinajstić information content (AvgIpc) is 2.32. The minimum Gasteiger partial charge on any atom is -0.465 e. The Balaban J connectivity index is 2.24. The first-order valence-corrected chi connectivity index (χ1v) is 5.82. The van der Waals surface area contributed by atoms with Gasteiger partial charge in [0.05, 0.1) is 6.20 Å². The van der Waals surface area contributed by atoms with Gasteiger partial charge in [-0.2, -0.15) is 0 Å². The Morgan fingerprint density at radius 1 is 1.59 bits per heavy atom. The van der Waals surface area contributed by atoms with E-state index in [2.05, 4.69) is 25.9 Å². The Hall–Kier alpha value is -1.63. The summed E-state index contributed by atoms with van der Waals surface area (Å²) >= 11 is 3.24. The molecule has 1 aliphatic heterocycles. The Kier molecular flexibility index (Phi) is 3.28. The summed E-state index contributed by atoms with van der Waals surface area (Å²) in [4.78, 5) is 20.4. The van der Waals surface area contributed by atoms with Gasteiger partial charge in [-0.3, -0.25) is 0 Å². The number of nitrogens with two attached hydrogens (primary N) is 1. The Morgan fingerprint density at radius 2 is 2.35 bits per heavy atom. The van der Waals surface area contributed by atoms with Crippen LogP contribution in [0.4, 0.5) is 10.6 Å². The predicted molar refractivity (Wildman–Crippen MR) is 66.3 cm³/mol. The molecule has 1 amide bonds. The first-order chi connectivity index (χ1) is 8.08. The lowest BCUT2D eigenvalue weighted by Crippen LogP contribution is -2.33. The zero-order valence-electron chi connectivity index (χ0n) is 8.93. The van der Waals surface area contributed by atoms with E-state index in [9.17, 15) is 4.79 Å². The fourth-order valence-electron chi connectivity index (χ4n) is 1.67. The van der Waals surface area contributed by atoms with Gasteiger partial charge in [0.15, 0.2) is 0 Å². The van der Waals surface area contributed by atoms with E-state index >= 15 is 0 Å². The van der Waals surface area contributed by atoms with Crippen LogP contribution < -0.4 is 5.73 Å². The number of nitrogens with zero attached hydrogens (tertiary/aromatic N) is 3. The van der Waals surface area contributed by atoms with Gasteiger partial charge in [-0.1, -0.05) is 6.08 Å². The third-order valence-corrected chi connectivity index (χ3v) is 2.94. The van der Waals surface area contributed by atoms with E-state index in [4.69, 9.17) is 10.8 Å². The summed E-state index contributed by atoms with van der Waals surface area (Å²) in [6, 6.07) is 0. The molecule has 0 aromatic carbocycles. The fourth-order valence-corrected chi connectivity index (χ4v) is 1.95. The standard InChI is InChI=1S/C10H11BrN4O2/c11-7-5-13-9(12)8(14-7)6-1-3-15(4-2-6)10(16)17/h1,5H,2-4H2,(H2,12,13)(H,16,17). The number of nitrogen functional groups attached to an aromatic ring is 1. The van der Waals surface area contributed by atoms with E-state index in [1.54, 1.807) is 0 Å². The maximum Gasteiger partial charge on any atom is 0.407 e. The number of rotatable bonds is 1. The topological polar surface area (TPSA) is 92.3 Å². The number of anilines is 1. The predicted octanol–water partition coefficient (Wildman–Crippen LogP) is 1.59. The lowest BCUT2D eigenvalue weighted by atomic mass is 10.0. The molecule has 1 aliphatic rings. The molecule has 0 unspecified atom stereocenters. The number of carboxylic acid groups (broad SMARTS) is 1. The quantitative estimate of drug-likeness (QED) is 0.821. The van der Waals surface area contributed by atoms with Crippen molar-refractivity contribution < 1.29 is 9.90 Å². The number of halogens is 1. The second-order valence-corrected chi connectivity index (χ2v) is 4.45. The highest BCUT2D eigenvalue weighted by Crippen LogP contribution is 2.25. The molecule has 7 heteroatoms. The van der Waals surface area contributed by atoms with E-state index in [1.165, 1.54) is 11.1 Å². The molecular formula is C10H11BrN4O2. The number of carbonyl (C=O) groups is 1. The summed E-state index contributed by atoms with van der Waals surface area (Å²) in [5.41, 5.74) is 7.32. The fraction of sp³-hybridized carbons (Fsp3) is 0.300. The molecule has 2 heterocycles. The number of hydrogen-bond acceptors (Lipinski definition) is 4. The largest absolute Gasteiger partial charge is 0.465 e. The second-order valence-electron chi connectivity index (χ2n) is 3.63. The Morgan fingerprint density at radius 3 is 2.94 bits per heavy atom. The molecule has 6 nitrogen and oxygen atoms in total. The smallest absolute Gasteiger partial charge is 0.407 e. The summed E-state index contributed by atoms with van der Waals surface area (Å²) in [5, 5.41) is 8.83. The number of aromatic nitrogens is 2. The summed E-state index contributed by atoms with van der Waals surface area (Å²) in [7, 11) is 0. The normalized spacial score (nSPS) is 15.6. The SMILES string of the molecule is Nc1ncc(Br)nc1C1=CCN(C(=O)O)CC1. The molecule has 3 N–H and O–H groups in total. The van der Waals surface area contributed by atoms with Crippen molar-refractivity contribution in [3.8, 4) is 0 Å². The molecular weight excluding hydrogens is 288 g/mol. The molecule has 17 heavy (non-hydrogen) atoms. The molecule has 0 fully saturated rings. The molecule has 1 aromatic rings. The monoisotopic (exact) mass is 298 g/mol. The molecule has 90 valence electrons. The molecule has 0 saturated heterocycles. The third kappa shape index (κ3) is 2.55. The van der Waals surface area contributed by atoms with Crippen LogP contribution >= 0.6 is 15.9 Å². The Bertz CT molecular complexity index is 489. The van der Waals surface area contributed by atoms with Gasteiger partial charge >= 0.3 is 6.09 Å². The van der Waals surface area contributed by atoms with Crippen molar-refractivity contribution in [2.24, 2.45) is 0 Å². The van der Waals surface area contributed by atoms with Gasteiger partial charge in [-0.25, -0.2) is 14.8 Å². The van der Waals surface area contributed by atoms with Crippen LogP contribution in [-0.4, -0.2) is 39.2 Å². The molecule has 2 rings (SSSR count). The lowest BCUT2D eigenvalue weighted by Gasteiger charge is -2.23. The second kappa shape index (κ2) is 4.70. The van der Waals surface area contributed by atoms with Crippen molar-refractivity contribution in [2.45, 2.75) is 6.42 Å². The summed E-state index contributed by atoms with van der Waals surface area (Å²) in [5.74, 6) is 0.364. The highest BCUT2D eigenvalue weighted by Gasteiger charge is 2.19. The van der Waals surface area contributed by atoms with Crippen LogP contribution in [0.2, 0.25) is 0 Å². The van der Waals surface area contributed by atoms with Gasteiger partial charge in [0, 0.05) is 13.1 Å². The molecule has 0 aliphatic carbocycles. The van der Waals surface area contributed by atoms with Gasteiger partial charge in [0.25, 0.3) is 0 Å². The van der Waals surface area contributed by atoms with Gasteiger partial charge in [0.1, 0.15) is 16.1 Å². The maximum absolute atomic E-state index is 10.8. The molecule has 0 bridgehead atoms. The van der Waals surface area contributed by atoms with Crippen LogP contribution in [0.15, 0.2) is 16.9 Å². The van der Waals surface area contributed by atoms with Crippen molar-refractivity contribution in [1.29, 1.82) is 0 Å². The third-order valence-electron chi connectivity index (χ3n) is 2.56. The van der Waals surface area contributed by atoms with Gasteiger partial charge in [-0.05, 0) is 27.9 Å². The maximum atomic E-state index is 10.8. The zero-order chi connectivity index (χ0) is 12.4. The average molecular weight is 299 g/mol. The number of hydrogen-bond donors (Lipinski definition) is 2. The molecule has 1 aromatic heterocycles. The molecule has 0 saturated carbocycles. The molecule has 0 radical (unpaired) electrons. The highest BCUT2D eigenvalue weighted by molar-refractivity contribution is 9.10. The summed E-state index contributed by atoms with van der Waals surface area (Å²) < 4.78 is 0.614. The first-order valence-electron chi connectivity index (χ1n) is 5.03. The zero-order valence-corrected chi connectivity index (χ0v) is 10.5. The Labute approximate surface area is 106 Å². The van der Waals surface area contributed by atoms with Crippen LogP contribution in [0.3, 0.4) is 0 Å². The lowest BCUT2D eigenvalue weighted by molar-refractivity contribution is 0.150. The van der Waals surface area contributed by atoms with E-state index in [-0.39, 0.29) is 0 Å². The van der Waals surface area contributed by atoms with Crippen molar-refractivity contribution in [3.63, 3.8) is 0 Å². The molecule has 0 spiro atoms. The first kappa shape index (κ1) is 11.8. The minimum absolute atomic E-state index is 0.359. The van der Waals surface area contributed by atoms with Crippen molar-refractivity contribution in [1.82, 2.24) is 14.9 Å². The van der Waals surface area contributed by atoms with E-state index in [0.29, 0.717) is 35.6 Å². The van der Waals surface area contributed by atoms with Crippen LogP contribution in [0, 0.1) is 0 Å². The van der Waals surface area contributed by atoms with Crippen molar-refractivity contribution in [2.75, 3.05) is 18.8 Å². The van der Waals surface area contributed by atoms with Crippen LogP contribution in [0.5, 0.6) is 0 Å². The van der Waals surface area contributed by atoms with Crippen molar-refractivity contribution in [3.05, 3.63) is 22.6 Å². The minimum atomic E-state index is -0.909. The van der Waals surface area contributed by atoms with Gasteiger partial charge in [-0.15, -0.1) is 0 Å².